The Morgan fingerprint density at radius 3 is 2.77 bits per heavy atom. The third-order valence-electron chi connectivity index (χ3n) is 4.64. The first kappa shape index (κ1) is 17.9. The van der Waals surface area contributed by atoms with E-state index in [9.17, 15) is 13.2 Å². The zero-order chi connectivity index (χ0) is 16.2. The van der Waals surface area contributed by atoms with E-state index in [1.54, 1.807) is 4.90 Å². The van der Waals surface area contributed by atoms with Gasteiger partial charge in [0.1, 0.15) is 0 Å². The molecule has 2 aliphatic rings. The fourth-order valence-electron chi connectivity index (χ4n) is 3.29. The third-order valence-corrected chi connectivity index (χ3v) is 7.53. The van der Waals surface area contributed by atoms with Crippen LogP contribution in [0.2, 0.25) is 0 Å². The normalized spacial score (nSPS) is 32.3. The van der Waals surface area contributed by atoms with Crippen molar-refractivity contribution in [2.24, 2.45) is 0 Å². The highest BCUT2D eigenvalue weighted by Crippen LogP contribution is 2.28. The summed E-state index contributed by atoms with van der Waals surface area (Å²) in [6, 6.07) is 0.135. The quantitative estimate of drug-likeness (QED) is 0.850. The molecule has 1 N–H and O–H groups in total. The van der Waals surface area contributed by atoms with Gasteiger partial charge in [-0.1, -0.05) is 13.3 Å². The SMILES string of the molecule is CCSC1CCCC(NC(=O)N2CCS(=O)(=O)CCC2C)C1. The highest BCUT2D eigenvalue weighted by atomic mass is 32.2. The second kappa shape index (κ2) is 7.90. The van der Waals surface area contributed by atoms with Crippen molar-refractivity contribution in [1.82, 2.24) is 10.2 Å². The molecular weight excluding hydrogens is 320 g/mol. The predicted octanol–water partition coefficient (Wildman–Crippen LogP) is 2.27. The largest absolute Gasteiger partial charge is 0.335 e. The van der Waals surface area contributed by atoms with Crippen molar-refractivity contribution in [2.45, 2.75) is 63.3 Å². The Labute approximate surface area is 138 Å². The minimum absolute atomic E-state index is 0.0123. The van der Waals surface area contributed by atoms with Gasteiger partial charge in [-0.05, 0) is 38.4 Å². The Morgan fingerprint density at radius 2 is 2.05 bits per heavy atom. The molecule has 0 aromatic rings. The summed E-state index contributed by atoms with van der Waals surface area (Å²) in [7, 11) is -2.99. The molecule has 3 atom stereocenters. The molecule has 0 aromatic carbocycles. The lowest BCUT2D eigenvalue weighted by Crippen LogP contribution is -2.50. The van der Waals surface area contributed by atoms with E-state index in [4.69, 9.17) is 0 Å². The van der Waals surface area contributed by atoms with E-state index in [-0.39, 0.29) is 29.6 Å². The number of amides is 2. The highest BCUT2D eigenvalue weighted by Gasteiger charge is 2.30. The maximum Gasteiger partial charge on any atom is 0.317 e. The Kier molecular flexibility index (Phi) is 6.44. The van der Waals surface area contributed by atoms with E-state index in [0.29, 0.717) is 18.2 Å². The van der Waals surface area contributed by atoms with E-state index < -0.39 is 9.84 Å². The molecule has 0 bridgehead atoms. The van der Waals surface area contributed by atoms with Crippen molar-refractivity contribution >= 4 is 27.6 Å². The van der Waals surface area contributed by atoms with Gasteiger partial charge in [0.15, 0.2) is 9.84 Å². The van der Waals surface area contributed by atoms with Crippen LogP contribution in [-0.2, 0) is 9.84 Å². The van der Waals surface area contributed by atoms with Crippen LogP contribution in [-0.4, -0.2) is 60.5 Å². The van der Waals surface area contributed by atoms with Crippen LogP contribution in [0.4, 0.5) is 4.79 Å². The average Bonchev–Trinajstić information content (AvgIpc) is 2.59. The van der Waals surface area contributed by atoms with Gasteiger partial charge in [-0.15, -0.1) is 0 Å². The van der Waals surface area contributed by atoms with E-state index in [2.05, 4.69) is 12.2 Å². The molecule has 2 amide bonds. The van der Waals surface area contributed by atoms with Gasteiger partial charge < -0.3 is 10.2 Å². The van der Waals surface area contributed by atoms with Crippen LogP contribution in [0.1, 0.15) is 46.0 Å². The number of rotatable bonds is 3. The smallest absolute Gasteiger partial charge is 0.317 e. The van der Waals surface area contributed by atoms with Crippen molar-refractivity contribution in [1.29, 1.82) is 0 Å². The molecule has 1 heterocycles. The first-order chi connectivity index (χ1) is 10.4. The van der Waals surface area contributed by atoms with Crippen LogP contribution in [0, 0.1) is 0 Å². The van der Waals surface area contributed by atoms with Crippen LogP contribution < -0.4 is 5.32 Å². The number of nitrogens with one attached hydrogen (secondary N) is 1. The van der Waals surface area contributed by atoms with Crippen LogP contribution in [0.15, 0.2) is 0 Å². The molecule has 7 heteroatoms. The number of carbonyl (C=O) groups excluding carboxylic acids is 1. The molecule has 3 unspecified atom stereocenters. The summed E-state index contributed by atoms with van der Waals surface area (Å²) >= 11 is 1.98. The van der Waals surface area contributed by atoms with E-state index in [1.165, 1.54) is 6.42 Å². The number of thioether (sulfide) groups is 1. The molecule has 1 aliphatic carbocycles. The summed E-state index contributed by atoms with van der Waals surface area (Å²) in [6.07, 6.45) is 5.00. The number of hydrogen-bond acceptors (Lipinski definition) is 4. The van der Waals surface area contributed by atoms with Gasteiger partial charge in [0.2, 0.25) is 0 Å². The molecule has 0 spiro atoms. The fourth-order valence-corrected chi connectivity index (χ4v) is 5.84. The molecule has 1 aliphatic heterocycles. The molecule has 1 saturated heterocycles. The molecule has 128 valence electrons. The van der Waals surface area contributed by atoms with Crippen molar-refractivity contribution in [3.8, 4) is 0 Å². The summed E-state index contributed by atoms with van der Waals surface area (Å²) in [4.78, 5) is 14.2. The Bertz CT molecular complexity index is 479. The summed E-state index contributed by atoms with van der Waals surface area (Å²) in [5.41, 5.74) is 0. The monoisotopic (exact) mass is 348 g/mol. The molecule has 22 heavy (non-hydrogen) atoms. The number of sulfone groups is 1. The Balaban J connectivity index is 1.90. The number of hydrogen-bond donors (Lipinski definition) is 1. The van der Waals surface area contributed by atoms with Crippen LogP contribution in [0.3, 0.4) is 0 Å². The van der Waals surface area contributed by atoms with Gasteiger partial charge in [-0.2, -0.15) is 11.8 Å². The van der Waals surface area contributed by atoms with E-state index in [1.807, 2.05) is 18.7 Å². The molecule has 5 nitrogen and oxygen atoms in total. The number of nitrogens with zero attached hydrogens (tertiary/aromatic N) is 1. The predicted molar refractivity (Wildman–Crippen MR) is 92.1 cm³/mol. The van der Waals surface area contributed by atoms with Crippen LogP contribution >= 0.6 is 11.8 Å². The standard InChI is InChI=1S/C15H28N2O3S2/c1-3-21-14-6-4-5-13(11-14)16-15(18)17-8-10-22(19,20)9-7-12(17)2/h12-14H,3-11H2,1-2H3,(H,16,18). The second-order valence-electron chi connectivity index (χ2n) is 6.37. The number of carbonyl (C=O) groups is 1. The molecule has 0 aromatic heterocycles. The fraction of sp³-hybridized carbons (Fsp3) is 0.933. The minimum Gasteiger partial charge on any atom is -0.335 e. The molecule has 1 saturated carbocycles. The van der Waals surface area contributed by atoms with Crippen LogP contribution in [0.5, 0.6) is 0 Å². The van der Waals surface area contributed by atoms with Gasteiger partial charge in [-0.3, -0.25) is 0 Å². The summed E-state index contributed by atoms with van der Waals surface area (Å²) < 4.78 is 23.5. The summed E-state index contributed by atoms with van der Waals surface area (Å²) in [5.74, 6) is 1.40. The van der Waals surface area contributed by atoms with Gasteiger partial charge in [0, 0.05) is 23.9 Å². The molecule has 2 fully saturated rings. The number of urea groups is 1. The Hall–Kier alpha value is -0.430. The zero-order valence-electron chi connectivity index (χ0n) is 13.6. The van der Waals surface area contributed by atoms with Crippen molar-refractivity contribution in [3.63, 3.8) is 0 Å². The molecule has 0 radical (unpaired) electrons. The average molecular weight is 349 g/mol. The van der Waals surface area contributed by atoms with E-state index >= 15 is 0 Å². The minimum atomic E-state index is -2.99. The van der Waals surface area contributed by atoms with Gasteiger partial charge in [0.25, 0.3) is 0 Å². The lowest BCUT2D eigenvalue weighted by Gasteiger charge is -2.33. The zero-order valence-corrected chi connectivity index (χ0v) is 15.2. The lowest BCUT2D eigenvalue weighted by atomic mass is 9.95. The van der Waals surface area contributed by atoms with E-state index in [0.717, 1.165) is 25.0 Å². The van der Waals surface area contributed by atoms with Crippen molar-refractivity contribution < 1.29 is 13.2 Å². The Morgan fingerprint density at radius 1 is 1.27 bits per heavy atom. The van der Waals surface area contributed by atoms with Crippen molar-refractivity contribution in [3.05, 3.63) is 0 Å². The summed E-state index contributed by atoms with van der Waals surface area (Å²) in [6.45, 7) is 4.43. The third kappa shape index (κ3) is 5.05. The molecule has 2 rings (SSSR count). The van der Waals surface area contributed by atoms with Gasteiger partial charge >= 0.3 is 6.03 Å². The maximum absolute atomic E-state index is 12.5. The second-order valence-corrected chi connectivity index (χ2v) is 10.3. The van der Waals surface area contributed by atoms with Crippen LogP contribution in [0.25, 0.3) is 0 Å². The van der Waals surface area contributed by atoms with Gasteiger partial charge in [0.05, 0.1) is 11.5 Å². The maximum atomic E-state index is 12.5. The van der Waals surface area contributed by atoms with Crippen molar-refractivity contribution in [2.75, 3.05) is 23.8 Å². The van der Waals surface area contributed by atoms with Gasteiger partial charge in [-0.25, -0.2) is 13.2 Å². The topological polar surface area (TPSA) is 66.5 Å². The first-order valence-electron chi connectivity index (χ1n) is 8.30. The molecular formula is C15H28N2O3S2. The first-order valence-corrected chi connectivity index (χ1v) is 11.2. The highest BCUT2D eigenvalue weighted by molar-refractivity contribution is 7.99. The lowest BCUT2D eigenvalue weighted by molar-refractivity contribution is 0.176. The summed E-state index contributed by atoms with van der Waals surface area (Å²) in [5, 5.41) is 3.79.